The highest BCUT2D eigenvalue weighted by molar-refractivity contribution is 7.16. The maximum Gasteiger partial charge on any atom is 0.261 e. The monoisotopic (exact) mass is 303 g/mol. The van der Waals surface area contributed by atoms with Crippen molar-refractivity contribution < 1.29 is 9.26 Å². The quantitative estimate of drug-likeness (QED) is 0.793. The van der Waals surface area contributed by atoms with Gasteiger partial charge in [0.05, 0.1) is 17.7 Å². The van der Waals surface area contributed by atoms with E-state index in [1.54, 1.807) is 12.1 Å². The van der Waals surface area contributed by atoms with Crippen molar-refractivity contribution in [3.05, 3.63) is 22.6 Å². The van der Waals surface area contributed by atoms with Crippen LogP contribution in [0.3, 0.4) is 0 Å². The first-order chi connectivity index (χ1) is 10.1. The summed E-state index contributed by atoms with van der Waals surface area (Å²) >= 11 is 1.51. The van der Waals surface area contributed by atoms with Crippen LogP contribution in [-0.4, -0.2) is 27.4 Å². The number of hydrogen-bond donors (Lipinski definition) is 1. The second kappa shape index (κ2) is 5.13. The van der Waals surface area contributed by atoms with Crippen LogP contribution < -0.4 is 10.5 Å². The minimum absolute atomic E-state index is 0.364. The lowest BCUT2D eigenvalue weighted by Gasteiger charge is -1.96. The summed E-state index contributed by atoms with van der Waals surface area (Å²) in [5, 5.41) is 12.5. The number of aromatic nitrogens is 4. The molecule has 0 spiro atoms. The van der Waals surface area contributed by atoms with E-state index in [4.69, 9.17) is 15.0 Å². The highest BCUT2D eigenvalue weighted by Gasteiger charge is 2.19. The van der Waals surface area contributed by atoms with Crippen molar-refractivity contribution in [1.82, 2.24) is 20.3 Å². The van der Waals surface area contributed by atoms with E-state index in [9.17, 15) is 0 Å². The first-order valence-corrected chi connectivity index (χ1v) is 6.99. The lowest BCUT2D eigenvalue weighted by Crippen LogP contribution is -1.93. The van der Waals surface area contributed by atoms with E-state index >= 15 is 0 Å². The molecule has 3 aromatic rings. The molecular weight excluding hydrogens is 290 g/mol. The van der Waals surface area contributed by atoms with E-state index in [-0.39, 0.29) is 0 Å². The van der Waals surface area contributed by atoms with Crippen LogP contribution in [0, 0.1) is 13.8 Å². The summed E-state index contributed by atoms with van der Waals surface area (Å²) in [4.78, 5) is 5.48. The fourth-order valence-electron chi connectivity index (χ4n) is 1.90. The van der Waals surface area contributed by atoms with Crippen LogP contribution in [0.4, 0.5) is 5.00 Å². The number of nitrogens with two attached hydrogens (primary N) is 1. The molecule has 0 amide bonds. The molecule has 21 heavy (non-hydrogen) atoms. The highest BCUT2D eigenvalue weighted by atomic mass is 32.1. The van der Waals surface area contributed by atoms with Gasteiger partial charge in [-0.1, -0.05) is 5.16 Å². The summed E-state index contributed by atoms with van der Waals surface area (Å²) in [6.07, 6.45) is 0. The summed E-state index contributed by atoms with van der Waals surface area (Å²) in [6, 6.07) is 3.41. The van der Waals surface area contributed by atoms with Crippen molar-refractivity contribution >= 4 is 16.3 Å². The van der Waals surface area contributed by atoms with E-state index < -0.39 is 0 Å². The van der Waals surface area contributed by atoms with Gasteiger partial charge in [0.25, 0.3) is 5.89 Å². The van der Waals surface area contributed by atoms with Crippen LogP contribution in [0.15, 0.2) is 16.7 Å². The molecule has 2 N–H and O–H groups in total. The third-order valence-electron chi connectivity index (χ3n) is 3.13. The van der Waals surface area contributed by atoms with Gasteiger partial charge < -0.3 is 15.0 Å². The van der Waals surface area contributed by atoms with E-state index in [1.807, 2.05) is 13.8 Å². The van der Waals surface area contributed by atoms with Gasteiger partial charge in [0.15, 0.2) is 0 Å². The Bertz CT molecular complexity index is 778. The molecule has 0 unspecified atom stereocenters. The van der Waals surface area contributed by atoms with Gasteiger partial charge in [-0.15, -0.1) is 21.5 Å². The first-order valence-electron chi connectivity index (χ1n) is 6.17. The van der Waals surface area contributed by atoms with Crippen molar-refractivity contribution in [2.24, 2.45) is 0 Å². The molecule has 3 rings (SSSR count). The summed E-state index contributed by atoms with van der Waals surface area (Å²) in [6.45, 7) is 3.99. The Morgan fingerprint density at radius 1 is 1.24 bits per heavy atom. The molecule has 0 aliphatic heterocycles. The van der Waals surface area contributed by atoms with E-state index in [0.717, 1.165) is 16.0 Å². The summed E-state index contributed by atoms with van der Waals surface area (Å²) in [5.74, 6) is 1.18. The number of thiophene rings is 1. The zero-order valence-electron chi connectivity index (χ0n) is 11.7. The minimum atomic E-state index is 0.364. The molecule has 0 aliphatic carbocycles. The van der Waals surface area contributed by atoms with Crippen molar-refractivity contribution in [1.29, 1.82) is 0 Å². The van der Waals surface area contributed by atoms with Gasteiger partial charge in [-0.3, -0.25) is 0 Å². The van der Waals surface area contributed by atoms with Crippen molar-refractivity contribution in [3.8, 4) is 28.9 Å². The summed E-state index contributed by atoms with van der Waals surface area (Å²) in [7, 11) is 1.53. The lowest BCUT2D eigenvalue weighted by molar-refractivity contribution is 0.392. The molecule has 0 radical (unpaired) electrons. The largest absolute Gasteiger partial charge is 0.480 e. The smallest absolute Gasteiger partial charge is 0.261 e. The predicted octanol–water partition coefficient (Wildman–Crippen LogP) is 2.46. The van der Waals surface area contributed by atoms with Crippen molar-refractivity contribution in [2.75, 3.05) is 12.8 Å². The van der Waals surface area contributed by atoms with Gasteiger partial charge in [-0.25, -0.2) is 0 Å². The van der Waals surface area contributed by atoms with Crippen LogP contribution in [0.2, 0.25) is 0 Å². The Labute approximate surface area is 124 Å². The van der Waals surface area contributed by atoms with Crippen molar-refractivity contribution in [2.45, 2.75) is 13.8 Å². The molecule has 0 aliphatic rings. The zero-order chi connectivity index (χ0) is 15.0. The minimum Gasteiger partial charge on any atom is -0.480 e. The second-order valence-electron chi connectivity index (χ2n) is 4.41. The number of hydrogen-bond acceptors (Lipinski definition) is 8. The number of anilines is 1. The Morgan fingerprint density at radius 3 is 2.62 bits per heavy atom. The third-order valence-corrected chi connectivity index (χ3v) is 4.17. The van der Waals surface area contributed by atoms with Crippen LogP contribution in [-0.2, 0) is 0 Å². The first kappa shape index (κ1) is 13.5. The second-order valence-corrected chi connectivity index (χ2v) is 5.66. The van der Waals surface area contributed by atoms with Gasteiger partial charge in [0, 0.05) is 10.9 Å². The average Bonchev–Trinajstić information content (AvgIpc) is 3.05. The lowest BCUT2D eigenvalue weighted by atomic mass is 10.1. The molecule has 0 aromatic carbocycles. The van der Waals surface area contributed by atoms with Gasteiger partial charge in [0.2, 0.25) is 11.7 Å². The maximum absolute atomic E-state index is 6.01. The van der Waals surface area contributed by atoms with Gasteiger partial charge in [0.1, 0.15) is 5.69 Å². The van der Waals surface area contributed by atoms with Gasteiger partial charge in [-0.2, -0.15) is 4.98 Å². The molecule has 0 bridgehead atoms. The predicted molar refractivity (Wildman–Crippen MR) is 79.1 cm³/mol. The van der Waals surface area contributed by atoms with E-state index in [1.165, 1.54) is 18.4 Å². The summed E-state index contributed by atoms with van der Waals surface area (Å²) < 4.78 is 10.3. The molecule has 3 heterocycles. The number of aryl methyl sites for hydroxylation is 1. The molecular formula is C13H13N5O2S. The van der Waals surface area contributed by atoms with E-state index in [2.05, 4.69) is 20.3 Å². The highest BCUT2D eigenvalue weighted by Crippen LogP contribution is 2.37. The number of methoxy groups -OCH3 is 1. The molecule has 108 valence electrons. The Hall–Kier alpha value is -2.48. The van der Waals surface area contributed by atoms with Gasteiger partial charge in [-0.05, 0) is 25.5 Å². The molecule has 0 atom stereocenters. The third kappa shape index (κ3) is 2.33. The number of nitrogen functional groups attached to an aromatic ring is 1. The fraction of sp³-hybridized carbons (Fsp3) is 0.231. The molecule has 0 fully saturated rings. The maximum atomic E-state index is 6.01. The number of rotatable bonds is 3. The van der Waals surface area contributed by atoms with E-state index in [0.29, 0.717) is 28.3 Å². The Balaban J connectivity index is 1.99. The Morgan fingerprint density at radius 2 is 2.05 bits per heavy atom. The zero-order valence-corrected chi connectivity index (χ0v) is 12.6. The molecule has 3 aromatic heterocycles. The molecule has 8 heteroatoms. The molecule has 7 nitrogen and oxygen atoms in total. The van der Waals surface area contributed by atoms with Crippen LogP contribution in [0.25, 0.3) is 23.0 Å². The van der Waals surface area contributed by atoms with Gasteiger partial charge >= 0.3 is 0 Å². The topological polar surface area (TPSA) is 100.0 Å². The Kier molecular flexibility index (Phi) is 3.30. The van der Waals surface area contributed by atoms with Crippen LogP contribution >= 0.6 is 11.3 Å². The summed E-state index contributed by atoms with van der Waals surface area (Å²) in [5.41, 5.74) is 8.35. The van der Waals surface area contributed by atoms with Crippen molar-refractivity contribution in [3.63, 3.8) is 0 Å². The SMILES string of the molecule is COc1ccc(-c2noc(-c3c(N)sc(C)c3C)n2)nn1. The average molecular weight is 303 g/mol. The molecule has 0 saturated heterocycles. The standard InChI is InChI=1S/C13H13N5O2S/c1-6-7(2)21-11(14)10(6)13-15-12(18-20-13)8-4-5-9(19-3)17-16-8/h4-5H,14H2,1-3H3. The number of nitrogens with zero attached hydrogens (tertiary/aromatic N) is 4. The number of ether oxygens (including phenoxy) is 1. The molecule has 0 saturated carbocycles. The van der Waals surface area contributed by atoms with Crippen LogP contribution in [0.1, 0.15) is 10.4 Å². The van der Waals surface area contributed by atoms with Crippen LogP contribution in [0.5, 0.6) is 5.88 Å². The fourth-order valence-corrected chi connectivity index (χ4v) is 2.82. The normalized spacial score (nSPS) is 10.8.